The number of aromatic nitrogens is 2. The second kappa shape index (κ2) is 10.0. The van der Waals surface area contributed by atoms with Crippen molar-refractivity contribution < 1.29 is 4.74 Å². The Morgan fingerprint density at radius 1 is 1.04 bits per heavy atom. The number of benzene rings is 2. The Morgan fingerprint density at radius 3 is 2.67 bits per heavy atom. The molecule has 6 heteroatoms. The quantitative estimate of drug-likeness (QED) is 0.367. The SMILES string of the molecule is CN=C(NCCOc1ccccc1)NCc1cccc(Cn2cccn2)c1. The van der Waals surface area contributed by atoms with Crippen molar-refractivity contribution in [3.8, 4) is 5.75 Å². The molecule has 0 fully saturated rings. The van der Waals surface area contributed by atoms with E-state index in [9.17, 15) is 0 Å². The number of rotatable bonds is 8. The zero-order valence-corrected chi connectivity index (χ0v) is 15.5. The second-order valence-electron chi connectivity index (χ2n) is 6.04. The first-order chi connectivity index (χ1) is 13.3. The minimum atomic E-state index is 0.573. The minimum Gasteiger partial charge on any atom is -0.492 e. The van der Waals surface area contributed by atoms with Crippen LogP contribution in [0.3, 0.4) is 0 Å². The van der Waals surface area contributed by atoms with Gasteiger partial charge in [-0.2, -0.15) is 5.10 Å². The van der Waals surface area contributed by atoms with Crippen molar-refractivity contribution in [3.05, 3.63) is 84.2 Å². The Hall–Kier alpha value is -3.28. The number of hydrogen-bond donors (Lipinski definition) is 2. The lowest BCUT2D eigenvalue weighted by molar-refractivity contribution is 0.322. The van der Waals surface area contributed by atoms with Crippen LogP contribution in [0.2, 0.25) is 0 Å². The predicted molar refractivity (Wildman–Crippen MR) is 108 cm³/mol. The van der Waals surface area contributed by atoms with Crippen LogP contribution < -0.4 is 15.4 Å². The topological polar surface area (TPSA) is 63.5 Å². The third-order valence-corrected chi connectivity index (χ3v) is 3.99. The summed E-state index contributed by atoms with van der Waals surface area (Å²) in [5.41, 5.74) is 2.42. The highest BCUT2D eigenvalue weighted by Gasteiger charge is 2.01. The van der Waals surface area contributed by atoms with Crippen LogP contribution in [0, 0.1) is 0 Å². The highest BCUT2D eigenvalue weighted by Crippen LogP contribution is 2.08. The molecule has 2 N–H and O–H groups in total. The molecular weight excluding hydrogens is 338 g/mol. The molecule has 1 aromatic heterocycles. The molecule has 1 heterocycles. The Kier molecular flexibility index (Phi) is 6.86. The maximum atomic E-state index is 5.68. The molecule has 0 saturated carbocycles. The molecule has 6 nitrogen and oxygen atoms in total. The number of nitrogens with zero attached hydrogens (tertiary/aromatic N) is 3. The fourth-order valence-corrected chi connectivity index (χ4v) is 2.68. The summed E-state index contributed by atoms with van der Waals surface area (Å²) in [5.74, 6) is 1.63. The van der Waals surface area contributed by atoms with Crippen LogP contribution in [-0.4, -0.2) is 35.9 Å². The lowest BCUT2D eigenvalue weighted by Crippen LogP contribution is -2.38. The van der Waals surface area contributed by atoms with Crippen LogP contribution in [-0.2, 0) is 13.1 Å². The monoisotopic (exact) mass is 363 g/mol. The van der Waals surface area contributed by atoms with E-state index in [0.717, 1.165) is 18.3 Å². The van der Waals surface area contributed by atoms with E-state index in [1.807, 2.05) is 47.3 Å². The van der Waals surface area contributed by atoms with Crippen molar-refractivity contribution in [1.29, 1.82) is 0 Å². The van der Waals surface area contributed by atoms with E-state index in [0.29, 0.717) is 19.7 Å². The van der Waals surface area contributed by atoms with Gasteiger partial charge < -0.3 is 15.4 Å². The molecule has 0 unspecified atom stereocenters. The van der Waals surface area contributed by atoms with Gasteiger partial charge in [-0.1, -0.05) is 42.5 Å². The van der Waals surface area contributed by atoms with Crippen LogP contribution in [0.15, 0.2) is 78.0 Å². The summed E-state index contributed by atoms with van der Waals surface area (Å²) >= 11 is 0. The molecule has 27 heavy (non-hydrogen) atoms. The molecule has 0 aliphatic rings. The van der Waals surface area contributed by atoms with Crippen LogP contribution in [0.5, 0.6) is 5.75 Å². The van der Waals surface area contributed by atoms with Crippen LogP contribution in [0.4, 0.5) is 0 Å². The van der Waals surface area contributed by atoms with Gasteiger partial charge in [-0.25, -0.2) is 0 Å². The predicted octanol–water partition coefficient (Wildman–Crippen LogP) is 2.68. The van der Waals surface area contributed by atoms with Crippen molar-refractivity contribution >= 4 is 5.96 Å². The number of ether oxygens (including phenoxy) is 1. The lowest BCUT2D eigenvalue weighted by atomic mass is 10.1. The second-order valence-corrected chi connectivity index (χ2v) is 6.04. The minimum absolute atomic E-state index is 0.573. The standard InChI is InChI=1S/C21H25N5O/c1-22-21(23-12-14-27-20-9-3-2-4-10-20)24-16-18-7-5-8-19(15-18)17-26-13-6-11-25-26/h2-11,13,15H,12,14,16-17H2,1H3,(H2,22,23,24). The van der Waals surface area contributed by atoms with Gasteiger partial charge in [-0.15, -0.1) is 0 Å². The molecule has 0 atom stereocenters. The van der Waals surface area contributed by atoms with E-state index < -0.39 is 0 Å². The molecule has 3 rings (SSSR count). The van der Waals surface area contributed by atoms with Gasteiger partial charge in [0.25, 0.3) is 0 Å². The molecular formula is C21H25N5O. The Labute approximate surface area is 159 Å². The summed E-state index contributed by atoms with van der Waals surface area (Å²) in [5, 5.41) is 10.8. The van der Waals surface area contributed by atoms with E-state index in [-0.39, 0.29) is 0 Å². The Morgan fingerprint density at radius 2 is 1.89 bits per heavy atom. The maximum Gasteiger partial charge on any atom is 0.191 e. The normalized spacial score (nSPS) is 11.2. The largest absolute Gasteiger partial charge is 0.492 e. The van der Waals surface area contributed by atoms with Gasteiger partial charge in [0.2, 0.25) is 0 Å². The lowest BCUT2D eigenvalue weighted by Gasteiger charge is -2.13. The fourth-order valence-electron chi connectivity index (χ4n) is 2.68. The third-order valence-electron chi connectivity index (χ3n) is 3.99. The summed E-state index contributed by atoms with van der Waals surface area (Å²) in [4.78, 5) is 4.26. The first-order valence-electron chi connectivity index (χ1n) is 9.01. The first kappa shape index (κ1) is 18.5. The smallest absolute Gasteiger partial charge is 0.191 e. The maximum absolute atomic E-state index is 5.68. The highest BCUT2D eigenvalue weighted by atomic mass is 16.5. The number of guanidine groups is 1. The molecule has 2 aromatic carbocycles. The molecule has 0 bridgehead atoms. The van der Waals surface area contributed by atoms with Crippen molar-refractivity contribution in [2.24, 2.45) is 4.99 Å². The van der Waals surface area contributed by atoms with E-state index in [1.165, 1.54) is 11.1 Å². The van der Waals surface area contributed by atoms with Gasteiger partial charge in [-0.05, 0) is 29.3 Å². The molecule has 0 radical (unpaired) electrons. The molecule has 0 aliphatic heterocycles. The van der Waals surface area contributed by atoms with Gasteiger partial charge in [0, 0.05) is 26.0 Å². The van der Waals surface area contributed by atoms with Gasteiger partial charge in [-0.3, -0.25) is 9.67 Å². The average Bonchev–Trinajstić information content (AvgIpc) is 3.21. The van der Waals surface area contributed by atoms with Crippen molar-refractivity contribution in [1.82, 2.24) is 20.4 Å². The third kappa shape index (κ3) is 6.18. The molecule has 3 aromatic rings. The number of para-hydroxylation sites is 1. The average molecular weight is 363 g/mol. The van der Waals surface area contributed by atoms with Crippen molar-refractivity contribution in [2.45, 2.75) is 13.1 Å². The van der Waals surface area contributed by atoms with Crippen LogP contribution in [0.1, 0.15) is 11.1 Å². The van der Waals surface area contributed by atoms with Crippen LogP contribution in [0.25, 0.3) is 0 Å². The number of aliphatic imine (C=N–C) groups is 1. The summed E-state index contributed by atoms with van der Waals surface area (Å²) in [6.07, 6.45) is 3.76. The van der Waals surface area contributed by atoms with Crippen LogP contribution >= 0.6 is 0 Å². The van der Waals surface area contributed by atoms with Gasteiger partial charge in [0.05, 0.1) is 13.1 Å². The van der Waals surface area contributed by atoms with Gasteiger partial charge in [0.15, 0.2) is 5.96 Å². The van der Waals surface area contributed by atoms with E-state index in [4.69, 9.17) is 4.74 Å². The van der Waals surface area contributed by atoms with E-state index in [1.54, 1.807) is 13.2 Å². The molecule has 0 saturated heterocycles. The van der Waals surface area contributed by atoms with Crippen molar-refractivity contribution in [2.75, 3.05) is 20.2 Å². The summed E-state index contributed by atoms with van der Waals surface area (Å²) < 4.78 is 7.59. The fraction of sp³-hybridized carbons (Fsp3) is 0.238. The van der Waals surface area contributed by atoms with E-state index >= 15 is 0 Å². The molecule has 0 amide bonds. The number of hydrogen-bond acceptors (Lipinski definition) is 3. The molecule has 140 valence electrons. The highest BCUT2D eigenvalue weighted by molar-refractivity contribution is 5.79. The van der Waals surface area contributed by atoms with Gasteiger partial charge in [0.1, 0.15) is 12.4 Å². The van der Waals surface area contributed by atoms with Crippen molar-refractivity contribution in [3.63, 3.8) is 0 Å². The Bertz CT molecular complexity index is 831. The zero-order chi connectivity index (χ0) is 18.7. The summed E-state index contributed by atoms with van der Waals surface area (Å²) in [7, 11) is 1.77. The summed E-state index contributed by atoms with van der Waals surface area (Å²) in [6, 6.07) is 20.2. The number of nitrogens with one attached hydrogen (secondary N) is 2. The summed E-state index contributed by atoms with van der Waals surface area (Å²) in [6.45, 7) is 2.72. The first-order valence-corrected chi connectivity index (χ1v) is 9.01. The zero-order valence-electron chi connectivity index (χ0n) is 15.5. The van der Waals surface area contributed by atoms with E-state index in [2.05, 4.69) is 45.0 Å². The Balaban J connectivity index is 1.42. The van der Waals surface area contributed by atoms with Gasteiger partial charge >= 0.3 is 0 Å². The molecule has 0 spiro atoms. The molecule has 0 aliphatic carbocycles.